The number of aryl methyl sites for hydroxylation is 1. The van der Waals surface area contributed by atoms with Gasteiger partial charge in [0.05, 0.1) is 5.69 Å². The van der Waals surface area contributed by atoms with E-state index in [0.29, 0.717) is 5.16 Å². The van der Waals surface area contributed by atoms with Crippen molar-refractivity contribution in [2.75, 3.05) is 7.05 Å². The lowest BCUT2D eigenvalue weighted by atomic mass is 10.1. The largest absolute Gasteiger partial charge is 0.341 e. The molecule has 1 aromatic heterocycles. The number of tetrazole rings is 1. The Labute approximate surface area is 179 Å². The summed E-state index contributed by atoms with van der Waals surface area (Å²) in [5.41, 5.74) is 2.81. The first-order chi connectivity index (χ1) is 14.6. The summed E-state index contributed by atoms with van der Waals surface area (Å²) in [6, 6.07) is 16.7. The Kier molecular flexibility index (Phi) is 7.56. The van der Waals surface area contributed by atoms with E-state index in [0.717, 1.165) is 30.5 Å². The van der Waals surface area contributed by atoms with Crippen LogP contribution >= 0.6 is 11.8 Å². The number of imide groups is 1. The van der Waals surface area contributed by atoms with E-state index in [2.05, 4.69) is 45.2 Å². The number of unbranched alkanes of at least 4 members (excludes halogenated alkanes) is 1. The number of hydrogen-bond donors (Lipinski definition) is 2. The molecule has 0 spiro atoms. The maximum Gasteiger partial charge on any atom is 0.321 e. The summed E-state index contributed by atoms with van der Waals surface area (Å²) in [5.74, 6) is -0.449. The van der Waals surface area contributed by atoms with Gasteiger partial charge in [0, 0.05) is 7.05 Å². The summed E-state index contributed by atoms with van der Waals surface area (Å²) in [6.07, 6.45) is 3.32. The summed E-state index contributed by atoms with van der Waals surface area (Å²) in [7, 11) is 1.46. The molecular formula is C21H24N6O2S. The molecular weight excluding hydrogens is 400 g/mol. The van der Waals surface area contributed by atoms with E-state index < -0.39 is 17.2 Å². The first kappa shape index (κ1) is 21.5. The topological polar surface area (TPSA) is 102 Å². The van der Waals surface area contributed by atoms with E-state index in [1.54, 1.807) is 4.68 Å². The molecule has 0 bridgehead atoms. The van der Waals surface area contributed by atoms with Crippen molar-refractivity contribution in [3.63, 3.8) is 0 Å². The smallest absolute Gasteiger partial charge is 0.321 e. The van der Waals surface area contributed by atoms with Crippen LogP contribution in [0.15, 0.2) is 59.8 Å². The van der Waals surface area contributed by atoms with Gasteiger partial charge in [0.15, 0.2) is 0 Å². The highest BCUT2D eigenvalue weighted by molar-refractivity contribution is 8.00. The van der Waals surface area contributed by atoms with E-state index in [9.17, 15) is 9.59 Å². The zero-order valence-corrected chi connectivity index (χ0v) is 17.7. The van der Waals surface area contributed by atoms with E-state index in [-0.39, 0.29) is 0 Å². The number of carbonyl (C=O) groups excluding carboxylic acids is 2. The Bertz CT molecular complexity index is 975. The molecule has 0 saturated heterocycles. The van der Waals surface area contributed by atoms with Crippen molar-refractivity contribution in [3.05, 3.63) is 65.7 Å². The first-order valence-corrected chi connectivity index (χ1v) is 10.6. The van der Waals surface area contributed by atoms with E-state index in [1.165, 1.54) is 24.4 Å². The van der Waals surface area contributed by atoms with E-state index >= 15 is 0 Å². The van der Waals surface area contributed by atoms with Gasteiger partial charge in [0.1, 0.15) is 5.25 Å². The molecule has 2 N–H and O–H groups in total. The van der Waals surface area contributed by atoms with Crippen LogP contribution in [0.2, 0.25) is 0 Å². The molecule has 3 amide bonds. The summed E-state index contributed by atoms with van der Waals surface area (Å²) in [4.78, 5) is 24.4. The molecule has 1 unspecified atom stereocenters. The molecule has 0 fully saturated rings. The zero-order chi connectivity index (χ0) is 21.3. The summed E-state index contributed by atoms with van der Waals surface area (Å²) in [6.45, 7) is 2.17. The van der Waals surface area contributed by atoms with Gasteiger partial charge >= 0.3 is 6.03 Å². The van der Waals surface area contributed by atoms with Crippen molar-refractivity contribution in [2.45, 2.75) is 36.6 Å². The fraction of sp³-hybridized carbons (Fsp3) is 0.286. The van der Waals surface area contributed by atoms with Crippen molar-refractivity contribution in [2.24, 2.45) is 0 Å². The molecule has 156 valence electrons. The van der Waals surface area contributed by atoms with Gasteiger partial charge in [-0.15, -0.1) is 5.10 Å². The molecule has 1 heterocycles. The molecule has 3 aromatic rings. The van der Waals surface area contributed by atoms with Crippen molar-refractivity contribution < 1.29 is 9.59 Å². The molecule has 9 heteroatoms. The van der Waals surface area contributed by atoms with Gasteiger partial charge in [-0.05, 0) is 46.5 Å². The third-order valence-corrected chi connectivity index (χ3v) is 5.66. The number of hydrogen-bond acceptors (Lipinski definition) is 6. The van der Waals surface area contributed by atoms with Crippen LogP contribution in [-0.2, 0) is 11.2 Å². The van der Waals surface area contributed by atoms with Gasteiger partial charge in [-0.25, -0.2) is 4.79 Å². The number of benzene rings is 2. The van der Waals surface area contributed by atoms with Gasteiger partial charge in [-0.2, -0.15) is 4.68 Å². The van der Waals surface area contributed by atoms with E-state index in [4.69, 9.17) is 0 Å². The minimum Gasteiger partial charge on any atom is -0.341 e. The Balaban J connectivity index is 1.85. The quantitative estimate of drug-likeness (QED) is 0.538. The predicted molar refractivity (Wildman–Crippen MR) is 115 cm³/mol. The van der Waals surface area contributed by atoms with Crippen molar-refractivity contribution in [1.29, 1.82) is 0 Å². The van der Waals surface area contributed by atoms with Crippen LogP contribution in [0.1, 0.15) is 36.1 Å². The van der Waals surface area contributed by atoms with Crippen LogP contribution in [0.4, 0.5) is 4.79 Å². The average molecular weight is 425 g/mol. The second-order valence-electron chi connectivity index (χ2n) is 6.62. The number of nitrogens with zero attached hydrogens (tertiary/aromatic N) is 4. The molecule has 0 radical (unpaired) electrons. The zero-order valence-electron chi connectivity index (χ0n) is 16.9. The summed E-state index contributed by atoms with van der Waals surface area (Å²) >= 11 is 1.18. The van der Waals surface area contributed by atoms with Crippen LogP contribution in [0.5, 0.6) is 0 Å². The minimum atomic E-state index is -0.697. The second kappa shape index (κ2) is 10.5. The summed E-state index contributed by atoms with van der Waals surface area (Å²) < 4.78 is 1.59. The maximum absolute atomic E-state index is 12.8. The SMILES string of the molecule is CCCCc1ccc(-n2nnnc2SC(C(=O)NC(=O)NC)c2ccccc2)cc1. The second-order valence-corrected chi connectivity index (χ2v) is 7.69. The number of carbonyl (C=O) groups is 2. The highest BCUT2D eigenvalue weighted by Gasteiger charge is 2.26. The summed E-state index contributed by atoms with van der Waals surface area (Å²) in [5, 5.41) is 16.5. The Morgan fingerprint density at radius 2 is 1.83 bits per heavy atom. The predicted octanol–water partition coefficient (Wildman–Crippen LogP) is 3.29. The molecule has 30 heavy (non-hydrogen) atoms. The average Bonchev–Trinajstić information content (AvgIpc) is 3.25. The lowest BCUT2D eigenvalue weighted by Gasteiger charge is -2.16. The number of aromatic nitrogens is 4. The number of nitrogens with one attached hydrogen (secondary N) is 2. The van der Waals surface area contributed by atoms with Gasteiger partial charge in [0.25, 0.3) is 0 Å². The van der Waals surface area contributed by atoms with Gasteiger partial charge in [-0.1, -0.05) is 67.6 Å². The van der Waals surface area contributed by atoms with Gasteiger partial charge in [0.2, 0.25) is 11.1 Å². The molecule has 8 nitrogen and oxygen atoms in total. The molecule has 0 saturated carbocycles. The van der Waals surface area contributed by atoms with Crippen LogP contribution < -0.4 is 10.6 Å². The Morgan fingerprint density at radius 1 is 1.10 bits per heavy atom. The normalized spacial score (nSPS) is 11.7. The molecule has 0 aliphatic carbocycles. The number of amides is 3. The lowest BCUT2D eigenvalue weighted by molar-refractivity contribution is -0.119. The van der Waals surface area contributed by atoms with Crippen molar-refractivity contribution >= 4 is 23.7 Å². The fourth-order valence-electron chi connectivity index (χ4n) is 2.85. The molecule has 1 atom stereocenters. The van der Waals surface area contributed by atoms with Gasteiger partial charge < -0.3 is 5.32 Å². The van der Waals surface area contributed by atoms with Crippen LogP contribution in [0.3, 0.4) is 0 Å². The standard InChI is InChI=1S/C21H24N6O2S/c1-3-4-8-15-11-13-17(14-12-15)27-21(24-25-26-27)30-18(16-9-6-5-7-10-16)19(28)23-20(29)22-2/h5-7,9-14,18H,3-4,8H2,1-2H3,(H2,22,23,28,29). The number of thioether (sulfide) groups is 1. The van der Waals surface area contributed by atoms with E-state index in [1.807, 2.05) is 42.5 Å². The van der Waals surface area contributed by atoms with Crippen LogP contribution in [-0.4, -0.2) is 39.2 Å². The monoisotopic (exact) mass is 424 g/mol. The molecule has 3 rings (SSSR count). The Morgan fingerprint density at radius 3 is 2.50 bits per heavy atom. The highest BCUT2D eigenvalue weighted by atomic mass is 32.2. The van der Waals surface area contributed by atoms with Crippen LogP contribution in [0, 0.1) is 0 Å². The lowest BCUT2D eigenvalue weighted by Crippen LogP contribution is -2.39. The molecule has 2 aromatic carbocycles. The minimum absolute atomic E-state index is 0.449. The third kappa shape index (κ3) is 5.44. The third-order valence-electron chi connectivity index (χ3n) is 4.47. The Hall–Kier alpha value is -3.20. The van der Waals surface area contributed by atoms with Crippen molar-refractivity contribution in [3.8, 4) is 5.69 Å². The first-order valence-electron chi connectivity index (χ1n) is 9.74. The highest BCUT2D eigenvalue weighted by Crippen LogP contribution is 2.34. The van der Waals surface area contributed by atoms with Crippen LogP contribution in [0.25, 0.3) is 5.69 Å². The van der Waals surface area contributed by atoms with Crippen molar-refractivity contribution in [1.82, 2.24) is 30.8 Å². The molecule has 0 aliphatic heterocycles. The van der Waals surface area contributed by atoms with Gasteiger partial charge in [-0.3, -0.25) is 10.1 Å². The maximum atomic E-state index is 12.8. The fourth-order valence-corrected chi connectivity index (χ4v) is 3.84. The molecule has 0 aliphatic rings. The number of urea groups is 1. The number of rotatable bonds is 8.